The van der Waals surface area contributed by atoms with Gasteiger partial charge in [-0.3, -0.25) is 4.90 Å². The molecule has 0 bridgehead atoms. The molecular weight excluding hydrogens is 387 g/mol. The van der Waals surface area contributed by atoms with Crippen LogP contribution >= 0.6 is 11.6 Å². The average molecular weight is 413 g/mol. The fourth-order valence-electron chi connectivity index (χ4n) is 4.19. The number of cyclic esters (lactones) is 1. The minimum absolute atomic E-state index is 0.122. The van der Waals surface area contributed by atoms with Gasteiger partial charge in [0.2, 0.25) is 0 Å². The normalized spacial score (nSPS) is 23.1. The zero-order chi connectivity index (χ0) is 19.5. The highest BCUT2D eigenvalue weighted by atomic mass is 35.5. The summed E-state index contributed by atoms with van der Waals surface area (Å²) < 4.78 is 30.3. The second-order valence-corrected chi connectivity index (χ2v) is 8.19. The van der Waals surface area contributed by atoms with Gasteiger partial charge in [-0.05, 0) is 50.8 Å². The molecule has 0 aliphatic carbocycles. The van der Waals surface area contributed by atoms with E-state index in [9.17, 15) is 9.18 Å². The van der Waals surface area contributed by atoms with Crippen LogP contribution in [0.2, 0.25) is 5.02 Å². The SMILES string of the molecule is O=C1OCCN1CCCC1CCN(CC2COc3c(F)cc(Cl)cc3O2)CC1. The molecule has 1 amide bonds. The fraction of sp³-hybridized carbons (Fsp3) is 0.650. The zero-order valence-corrected chi connectivity index (χ0v) is 16.6. The number of piperidine rings is 1. The molecule has 1 aromatic carbocycles. The van der Waals surface area contributed by atoms with E-state index in [0.29, 0.717) is 29.9 Å². The highest BCUT2D eigenvalue weighted by molar-refractivity contribution is 6.30. The molecule has 3 heterocycles. The summed E-state index contributed by atoms with van der Waals surface area (Å²) in [7, 11) is 0. The van der Waals surface area contributed by atoms with Crippen LogP contribution in [-0.2, 0) is 4.74 Å². The predicted octanol–water partition coefficient (Wildman–Crippen LogP) is 3.56. The van der Waals surface area contributed by atoms with Crippen molar-refractivity contribution in [1.29, 1.82) is 0 Å². The molecule has 6 nitrogen and oxygen atoms in total. The summed E-state index contributed by atoms with van der Waals surface area (Å²) >= 11 is 5.91. The lowest BCUT2D eigenvalue weighted by Gasteiger charge is -2.35. The number of halogens is 2. The predicted molar refractivity (Wildman–Crippen MR) is 103 cm³/mol. The molecule has 3 aliphatic heterocycles. The number of fused-ring (bicyclic) bond motifs is 1. The minimum Gasteiger partial charge on any atom is -0.483 e. The largest absolute Gasteiger partial charge is 0.483 e. The quantitative estimate of drug-likeness (QED) is 0.715. The molecular formula is C20H26ClFN2O4. The lowest BCUT2D eigenvalue weighted by atomic mass is 9.92. The molecule has 1 aromatic rings. The van der Waals surface area contributed by atoms with Gasteiger partial charge >= 0.3 is 6.09 Å². The van der Waals surface area contributed by atoms with E-state index in [1.165, 1.54) is 6.07 Å². The molecule has 0 saturated carbocycles. The summed E-state index contributed by atoms with van der Waals surface area (Å²) in [6, 6.07) is 2.84. The second kappa shape index (κ2) is 8.74. The number of carbonyl (C=O) groups is 1. The molecule has 1 unspecified atom stereocenters. The third kappa shape index (κ3) is 4.63. The number of hydrogen-bond acceptors (Lipinski definition) is 5. The summed E-state index contributed by atoms with van der Waals surface area (Å²) in [5.41, 5.74) is 0. The van der Waals surface area contributed by atoms with Crippen LogP contribution in [0.4, 0.5) is 9.18 Å². The third-order valence-electron chi connectivity index (χ3n) is 5.74. The summed E-state index contributed by atoms with van der Waals surface area (Å²) in [5.74, 6) is 0.758. The first-order valence-electron chi connectivity index (χ1n) is 10.0. The number of nitrogens with zero attached hydrogens (tertiary/aromatic N) is 2. The Morgan fingerprint density at radius 1 is 1.18 bits per heavy atom. The van der Waals surface area contributed by atoms with Crippen LogP contribution in [0.3, 0.4) is 0 Å². The maximum absolute atomic E-state index is 13.9. The fourth-order valence-corrected chi connectivity index (χ4v) is 4.38. The molecule has 0 radical (unpaired) electrons. The van der Waals surface area contributed by atoms with E-state index < -0.39 is 5.82 Å². The van der Waals surface area contributed by atoms with Gasteiger partial charge in [-0.15, -0.1) is 0 Å². The van der Waals surface area contributed by atoms with Gasteiger partial charge in [-0.2, -0.15) is 0 Å². The lowest BCUT2D eigenvalue weighted by molar-refractivity contribution is 0.0445. The number of hydrogen-bond donors (Lipinski definition) is 0. The van der Waals surface area contributed by atoms with Crippen molar-refractivity contribution in [2.24, 2.45) is 5.92 Å². The first-order chi connectivity index (χ1) is 13.6. The molecule has 0 aromatic heterocycles. The van der Waals surface area contributed by atoms with E-state index in [2.05, 4.69) is 4.90 Å². The van der Waals surface area contributed by atoms with Gasteiger partial charge in [-0.25, -0.2) is 9.18 Å². The highest BCUT2D eigenvalue weighted by Crippen LogP contribution is 2.37. The van der Waals surface area contributed by atoms with Crippen LogP contribution in [0.5, 0.6) is 11.5 Å². The van der Waals surface area contributed by atoms with Crippen molar-refractivity contribution in [2.75, 3.05) is 45.9 Å². The van der Waals surface area contributed by atoms with E-state index in [1.54, 1.807) is 11.0 Å². The maximum atomic E-state index is 13.9. The van der Waals surface area contributed by atoms with Crippen LogP contribution in [0, 0.1) is 11.7 Å². The van der Waals surface area contributed by atoms with Crippen LogP contribution < -0.4 is 9.47 Å². The van der Waals surface area contributed by atoms with Crippen molar-refractivity contribution in [2.45, 2.75) is 31.8 Å². The number of rotatable bonds is 6. The van der Waals surface area contributed by atoms with Crippen molar-refractivity contribution in [3.05, 3.63) is 23.0 Å². The van der Waals surface area contributed by atoms with Crippen molar-refractivity contribution in [3.8, 4) is 11.5 Å². The number of amides is 1. The molecule has 4 rings (SSSR count). The summed E-state index contributed by atoms with van der Waals surface area (Å²) in [6.45, 7) is 5.19. The summed E-state index contributed by atoms with van der Waals surface area (Å²) in [4.78, 5) is 15.6. The van der Waals surface area contributed by atoms with Gasteiger partial charge in [0.25, 0.3) is 0 Å². The molecule has 2 fully saturated rings. The average Bonchev–Trinajstić information content (AvgIpc) is 3.08. The zero-order valence-electron chi connectivity index (χ0n) is 15.9. The Hall–Kier alpha value is -1.73. The Morgan fingerprint density at radius 3 is 2.75 bits per heavy atom. The maximum Gasteiger partial charge on any atom is 0.409 e. The van der Waals surface area contributed by atoms with Gasteiger partial charge in [0, 0.05) is 24.2 Å². The molecule has 154 valence electrons. The topological polar surface area (TPSA) is 51.2 Å². The summed E-state index contributed by atoms with van der Waals surface area (Å²) in [6.07, 6.45) is 4.17. The Labute approximate surface area is 169 Å². The lowest BCUT2D eigenvalue weighted by Crippen LogP contribution is -2.44. The molecule has 1 atom stereocenters. The van der Waals surface area contributed by atoms with Gasteiger partial charge in [0.1, 0.15) is 19.3 Å². The van der Waals surface area contributed by atoms with Crippen LogP contribution in [-0.4, -0.2) is 67.9 Å². The second-order valence-electron chi connectivity index (χ2n) is 7.75. The minimum atomic E-state index is -0.482. The first-order valence-corrected chi connectivity index (χ1v) is 10.4. The monoisotopic (exact) mass is 412 g/mol. The van der Waals surface area contributed by atoms with E-state index >= 15 is 0 Å². The van der Waals surface area contributed by atoms with Gasteiger partial charge in [-0.1, -0.05) is 11.6 Å². The molecule has 3 aliphatic rings. The molecule has 0 spiro atoms. The van der Waals surface area contributed by atoms with Crippen LogP contribution in [0.15, 0.2) is 12.1 Å². The van der Waals surface area contributed by atoms with Crippen molar-refractivity contribution < 1.29 is 23.4 Å². The molecule has 2 saturated heterocycles. The number of benzene rings is 1. The standard InChI is InChI=1S/C20H26ClFN2O4/c21-15-10-17(22)19-18(11-15)28-16(13-27-19)12-23-6-3-14(4-7-23)2-1-5-24-8-9-26-20(24)25/h10-11,14,16H,1-9,12-13H2. The smallest absolute Gasteiger partial charge is 0.409 e. The van der Waals surface area contributed by atoms with Gasteiger partial charge in [0.15, 0.2) is 17.3 Å². The molecule has 28 heavy (non-hydrogen) atoms. The highest BCUT2D eigenvalue weighted by Gasteiger charge is 2.28. The van der Waals surface area contributed by atoms with Crippen molar-refractivity contribution in [1.82, 2.24) is 9.80 Å². The number of likely N-dealkylation sites (tertiary alicyclic amines) is 1. The van der Waals surface area contributed by atoms with Crippen LogP contribution in [0.25, 0.3) is 0 Å². The van der Waals surface area contributed by atoms with Crippen LogP contribution in [0.1, 0.15) is 25.7 Å². The summed E-state index contributed by atoms with van der Waals surface area (Å²) in [5, 5.41) is 0.309. The van der Waals surface area contributed by atoms with Crippen molar-refractivity contribution >= 4 is 17.7 Å². The van der Waals surface area contributed by atoms with E-state index in [1.807, 2.05) is 0 Å². The Kier molecular flexibility index (Phi) is 6.11. The van der Waals surface area contributed by atoms with E-state index in [4.69, 9.17) is 25.8 Å². The molecule has 0 N–H and O–H groups in total. The van der Waals surface area contributed by atoms with Gasteiger partial charge < -0.3 is 19.1 Å². The number of carbonyl (C=O) groups excluding carboxylic acids is 1. The Bertz CT molecular complexity index is 712. The first kappa shape index (κ1) is 19.6. The van der Waals surface area contributed by atoms with E-state index in [-0.39, 0.29) is 17.9 Å². The molecule has 8 heteroatoms. The Balaban J connectivity index is 1.18. The Morgan fingerprint density at radius 2 is 2.00 bits per heavy atom. The number of ether oxygens (including phenoxy) is 3. The third-order valence-corrected chi connectivity index (χ3v) is 5.95. The van der Waals surface area contributed by atoms with E-state index in [0.717, 1.165) is 58.4 Å². The van der Waals surface area contributed by atoms with Crippen molar-refractivity contribution in [3.63, 3.8) is 0 Å². The van der Waals surface area contributed by atoms with Gasteiger partial charge in [0.05, 0.1) is 6.54 Å².